The molecule has 2 N–H and O–H groups in total. The predicted molar refractivity (Wildman–Crippen MR) is 68.8 cm³/mol. The highest BCUT2D eigenvalue weighted by molar-refractivity contribution is 5.97. The molecule has 3 nitrogen and oxygen atoms in total. The molecule has 0 aromatic heterocycles. The van der Waals surface area contributed by atoms with Crippen LogP contribution in [-0.4, -0.2) is 18.5 Å². The van der Waals surface area contributed by atoms with E-state index in [9.17, 15) is 0 Å². The summed E-state index contributed by atoms with van der Waals surface area (Å²) in [5.41, 5.74) is 8.37. The van der Waals surface area contributed by atoms with Gasteiger partial charge in [0, 0.05) is 5.69 Å². The Morgan fingerprint density at radius 1 is 1.38 bits per heavy atom. The van der Waals surface area contributed by atoms with Crippen LogP contribution in [-0.2, 0) is 0 Å². The summed E-state index contributed by atoms with van der Waals surface area (Å²) in [6.07, 6.45) is 2.30. The van der Waals surface area contributed by atoms with E-state index in [1.807, 2.05) is 0 Å². The molecule has 1 aromatic carbocycles. The minimum atomic E-state index is 0.438. The number of hydrogen-bond acceptors (Lipinski definition) is 3. The Balaban J connectivity index is 2.23. The minimum absolute atomic E-state index is 0.438. The molecule has 1 atom stereocenters. The molecule has 1 heterocycles. The Labute approximate surface area is 97.0 Å². The van der Waals surface area contributed by atoms with Crippen molar-refractivity contribution < 1.29 is 0 Å². The molecule has 16 heavy (non-hydrogen) atoms. The lowest BCUT2D eigenvalue weighted by molar-refractivity contribution is 0.632. The van der Waals surface area contributed by atoms with E-state index in [1.54, 1.807) is 0 Å². The smallest absolute Gasteiger partial charge is 0.196 e. The highest BCUT2D eigenvalue weighted by Gasteiger charge is 2.26. The standard InChI is InChI=1S/C13H19N3/c1-3-4-12-9-15-13(14)16(12)11-7-5-10(2)6-8-11/h5-8,12H,3-4,9H2,1-2H3,(H2,14,15). The van der Waals surface area contributed by atoms with Crippen molar-refractivity contribution in [2.75, 3.05) is 11.4 Å². The third-order valence-corrected chi connectivity index (χ3v) is 3.01. The van der Waals surface area contributed by atoms with Crippen molar-refractivity contribution in [3.63, 3.8) is 0 Å². The van der Waals surface area contributed by atoms with E-state index in [4.69, 9.17) is 5.73 Å². The number of hydrogen-bond donors (Lipinski definition) is 1. The maximum Gasteiger partial charge on any atom is 0.196 e. The molecule has 1 unspecified atom stereocenters. The second-order valence-electron chi connectivity index (χ2n) is 4.35. The summed E-state index contributed by atoms with van der Waals surface area (Å²) >= 11 is 0. The van der Waals surface area contributed by atoms with Crippen molar-refractivity contribution in [3.8, 4) is 0 Å². The second-order valence-corrected chi connectivity index (χ2v) is 4.35. The van der Waals surface area contributed by atoms with Gasteiger partial charge in [-0.1, -0.05) is 31.0 Å². The first-order chi connectivity index (χ1) is 7.72. The summed E-state index contributed by atoms with van der Waals surface area (Å²) in [5, 5.41) is 0. The first-order valence-electron chi connectivity index (χ1n) is 5.88. The summed E-state index contributed by atoms with van der Waals surface area (Å²) in [6, 6.07) is 8.90. The molecule has 1 aliphatic rings. The van der Waals surface area contributed by atoms with Gasteiger partial charge in [-0.05, 0) is 25.5 Å². The lowest BCUT2D eigenvalue weighted by atomic mass is 10.1. The van der Waals surface area contributed by atoms with Crippen LogP contribution in [0.1, 0.15) is 25.3 Å². The molecule has 1 aromatic rings. The lowest BCUT2D eigenvalue weighted by Crippen LogP contribution is -2.40. The molecular formula is C13H19N3. The number of anilines is 1. The van der Waals surface area contributed by atoms with Gasteiger partial charge in [-0.25, -0.2) is 0 Å². The Morgan fingerprint density at radius 3 is 2.69 bits per heavy atom. The normalized spacial score (nSPS) is 20.0. The second kappa shape index (κ2) is 4.56. The first-order valence-corrected chi connectivity index (χ1v) is 5.88. The molecule has 0 bridgehead atoms. The third-order valence-electron chi connectivity index (χ3n) is 3.01. The maximum atomic E-state index is 5.95. The van der Waals surface area contributed by atoms with E-state index in [-0.39, 0.29) is 0 Å². The number of aliphatic imine (C=N–C) groups is 1. The molecule has 0 amide bonds. The highest BCUT2D eigenvalue weighted by atomic mass is 15.3. The van der Waals surface area contributed by atoms with Crippen LogP contribution in [0, 0.1) is 6.92 Å². The number of nitrogens with zero attached hydrogens (tertiary/aromatic N) is 2. The molecule has 0 aliphatic carbocycles. The fourth-order valence-corrected chi connectivity index (χ4v) is 2.15. The van der Waals surface area contributed by atoms with Gasteiger partial charge < -0.3 is 10.6 Å². The quantitative estimate of drug-likeness (QED) is 0.844. The molecule has 0 saturated heterocycles. The average molecular weight is 217 g/mol. The van der Waals surface area contributed by atoms with Crippen LogP contribution in [0.5, 0.6) is 0 Å². The largest absolute Gasteiger partial charge is 0.370 e. The predicted octanol–water partition coefficient (Wildman–Crippen LogP) is 2.30. The van der Waals surface area contributed by atoms with Gasteiger partial charge in [0.25, 0.3) is 0 Å². The first kappa shape index (κ1) is 11.0. The molecule has 2 rings (SSSR count). The van der Waals surface area contributed by atoms with Crippen LogP contribution in [0.4, 0.5) is 5.69 Å². The number of nitrogens with two attached hydrogens (primary N) is 1. The van der Waals surface area contributed by atoms with E-state index >= 15 is 0 Å². The summed E-state index contributed by atoms with van der Waals surface area (Å²) in [4.78, 5) is 6.49. The molecule has 0 saturated carbocycles. The zero-order chi connectivity index (χ0) is 11.5. The van der Waals surface area contributed by atoms with Crippen LogP contribution in [0.25, 0.3) is 0 Å². The Morgan fingerprint density at radius 2 is 2.06 bits per heavy atom. The highest BCUT2D eigenvalue weighted by Crippen LogP contribution is 2.23. The maximum absolute atomic E-state index is 5.95. The van der Waals surface area contributed by atoms with E-state index < -0.39 is 0 Å². The monoisotopic (exact) mass is 217 g/mol. The van der Waals surface area contributed by atoms with Gasteiger partial charge in [0.2, 0.25) is 0 Å². The zero-order valence-corrected chi connectivity index (χ0v) is 9.98. The number of aryl methyl sites for hydroxylation is 1. The SMILES string of the molecule is CCCC1CN=C(N)N1c1ccc(C)cc1. The molecule has 0 spiro atoms. The van der Waals surface area contributed by atoms with Crippen LogP contribution in [0.2, 0.25) is 0 Å². The van der Waals surface area contributed by atoms with Crippen LogP contribution >= 0.6 is 0 Å². The topological polar surface area (TPSA) is 41.6 Å². The molecule has 0 fully saturated rings. The molecule has 1 aliphatic heterocycles. The minimum Gasteiger partial charge on any atom is -0.370 e. The Bertz CT molecular complexity index is 381. The zero-order valence-electron chi connectivity index (χ0n) is 9.98. The number of benzene rings is 1. The van der Waals surface area contributed by atoms with Crippen molar-refractivity contribution in [1.82, 2.24) is 0 Å². The van der Waals surface area contributed by atoms with Gasteiger partial charge in [-0.2, -0.15) is 0 Å². The third kappa shape index (κ3) is 2.03. The Kier molecular flexibility index (Phi) is 3.13. The van der Waals surface area contributed by atoms with E-state index in [0.29, 0.717) is 12.0 Å². The van der Waals surface area contributed by atoms with Crippen LogP contribution in [0.3, 0.4) is 0 Å². The summed E-state index contributed by atoms with van der Waals surface area (Å²) in [5.74, 6) is 0.655. The molecule has 86 valence electrons. The molecular weight excluding hydrogens is 198 g/mol. The van der Waals surface area contributed by atoms with Gasteiger partial charge in [0.05, 0.1) is 12.6 Å². The van der Waals surface area contributed by atoms with E-state index in [2.05, 4.69) is 48.0 Å². The van der Waals surface area contributed by atoms with Crippen molar-refractivity contribution in [2.45, 2.75) is 32.7 Å². The van der Waals surface area contributed by atoms with Crippen molar-refractivity contribution in [1.29, 1.82) is 0 Å². The molecule has 3 heteroatoms. The summed E-state index contributed by atoms with van der Waals surface area (Å²) < 4.78 is 0. The van der Waals surface area contributed by atoms with Crippen molar-refractivity contribution in [3.05, 3.63) is 29.8 Å². The lowest BCUT2D eigenvalue weighted by Gasteiger charge is -2.26. The van der Waals surface area contributed by atoms with Gasteiger partial charge in [0.15, 0.2) is 5.96 Å². The van der Waals surface area contributed by atoms with Crippen LogP contribution < -0.4 is 10.6 Å². The van der Waals surface area contributed by atoms with Crippen LogP contribution in [0.15, 0.2) is 29.3 Å². The van der Waals surface area contributed by atoms with Gasteiger partial charge in [-0.3, -0.25) is 4.99 Å². The Hall–Kier alpha value is -1.51. The fraction of sp³-hybridized carbons (Fsp3) is 0.462. The van der Waals surface area contributed by atoms with Crippen molar-refractivity contribution >= 4 is 11.6 Å². The number of rotatable bonds is 3. The fourth-order valence-electron chi connectivity index (χ4n) is 2.15. The molecule has 0 radical (unpaired) electrons. The van der Waals surface area contributed by atoms with E-state index in [0.717, 1.165) is 25.1 Å². The number of guanidine groups is 1. The van der Waals surface area contributed by atoms with Gasteiger partial charge in [0.1, 0.15) is 0 Å². The van der Waals surface area contributed by atoms with Gasteiger partial charge in [-0.15, -0.1) is 0 Å². The average Bonchev–Trinajstić information content (AvgIpc) is 2.62. The van der Waals surface area contributed by atoms with E-state index in [1.165, 1.54) is 5.56 Å². The summed E-state index contributed by atoms with van der Waals surface area (Å²) in [7, 11) is 0. The summed E-state index contributed by atoms with van der Waals surface area (Å²) in [6.45, 7) is 5.12. The van der Waals surface area contributed by atoms with Gasteiger partial charge >= 0.3 is 0 Å². The van der Waals surface area contributed by atoms with Crippen molar-refractivity contribution in [2.24, 2.45) is 10.7 Å².